The molecule has 1 amide bonds. The fourth-order valence-electron chi connectivity index (χ4n) is 3.07. The second-order valence-corrected chi connectivity index (χ2v) is 5.82. The molecule has 20 heavy (non-hydrogen) atoms. The normalized spacial score (nSPS) is 28.4. The molecule has 0 bridgehead atoms. The third kappa shape index (κ3) is 4.07. The van der Waals surface area contributed by atoms with Crippen molar-refractivity contribution in [2.24, 2.45) is 5.92 Å². The minimum Gasteiger partial charge on any atom is -0.480 e. The molecule has 1 unspecified atom stereocenters. The van der Waals surface area contributed by atoms with Crippen LogP contribution in [-0.4, -0.2) is 47.1 Å². The second-order valence-electron chi connectivity index (χ2n) is 5.82. The number of likely N-dealkylation sites (N-methyl/N-ethyl adjacent to an activating group) is 1. The van der Waals surface area contributed by atoms with Gasteiger partial charge in [-0.1, -0.05) is 19.1 Å². The number of nitrogens with zero attached hydrogens (tertiary/aromatic N) is 1. The lowest BCUT2D eigenvalue weighted by molar-refractivity contribution is -0.139. The van der Waals surface area contributed by atoms with Crippen molar-refractivity contribution in [3.05, 3.63) is 12.2 Å². The lowest BCUT2D eigenvalue weighted by Gasteiger charge is -2.42. The minimum absolute atomic E-state index is 0.0920. The SMILES string of the molecule is CCN(CC(=O)O)C1CC(NC(=O)CC2C=CCC2)C1. The Morgan fingerprint density at radius 3 is 2.70 bits per heavy atom. The van der Waals surface area contributed by atoms with E-state index in [4.69, 9.17) is 5.11 Å². The van der Waals surface area contributed by atoms with E-state index < -0.39 is 5.97 Å². The van der Waals surface area contributed by atoms with Crippen molar-refractivity contribution < 1.29 is 14.7 Å². The number of carbonyl (C=O) groups is 2. The zero-order chi connectivity index (χ0) is 14.5. The highest BCUT2D eigenvalue weighted by molar-refractivity contribution is 5.77. The van der Waals surface area contributed by atoms with E-state index in [0.717, 1.165) is 32.2 Å². The molecule has 0 spiro atoms. The van der Waals surface area contributed by atoms with Crippen LogP contribution in [0.25, 0.3) is 0 Å². The Labute approximate surface area is 120 Å². The van der Waals surface area contributed by atoms with Gasteiger partial charge in [0.1, 0.15) is 0 Å². The number of hydrogen-bond donors (Lipinski definition) is 2. The van der Waals surface area contributed by atoms with Crippen LogP contribution in [0.2, 0.25) is 0 Å². The van der Waals surface area contributed by atoms with Gasteiger partial charge in [0.2, 0.25) is 5.91 Å². The van der Waals surface area contributed by atoms with Gasteiger partial charge in [-0.15, -0.1) is 0 Å². The molecule has 1 fully saturated rings. The molecule has 5 nitrogen and oxygen atoms in total. The molecule has 0 saturated heterocycles. The van der Waals surface area contributed by atoms with E-state index in [-0.39, 0.29) is 18.5 Å². The molecule has 0 aromatic rings. The van der Waals surface area contributed by atoms with Crippen LogP contribution in [-0.2, 0) is 9.59 Å². The summed E-state index contributed by atoms with van der Waals surface area (Å²) in [6.45, 7) is 2.81. The molecule has 0 aromatic carbocycles. The number of allylic oxidation sites excluding steroid dienone is 2. The molecule has 5 heteroatoms. The number of hydrogen-bond acceptors (Lipinski definition) is 3. The summed E-state index contributed by atoms with van der Waals surface area (Å²) in [6.07, 6.45) is 8.77. The van der Waals surface area contributed by atoms with Crippen molar-refractivity contribution in [3.8, 4) is 0 Å². The van der Waals surface area contributed by atoms with Crippen LogP contribution in [0.15, 0.2) is 12.2 Å². The number of nitrogens with one attached hydrogen (secondary N) is 1. The summed E-state index contributed by atoms with van der Waals surface area (Å²) in [5.74, 6) is -0.247. The van der Waals surface area contributed by atoms with Crippen LogP contribution in [0, 0.1) is 5.92 Å². The molecule has 2 aliphatic carbocycles. The zero-order valence-electron chi connectivity index (χ0n) is 12.0. The Kier molecular flexibility index (Phi) is 5.17. The van der Waals surface area contributed by atoms with Crippen molar-refractivity contribution in [2.45, 2.75) is 51.1 Å². The molecule has 0 aromatic heterocycles. The Morgan fingerprint density at radius 1 is 1.40 bits per heavy atom. The van der Waals surface area contributed by atoms with Gasteiger partial charge in [0, 0.05) is 18.5 Å². The third-order valence-corrected chi connectivity index (χ3v) is 4.30. The molecular weight excluding hydrogens is 256 g/mol. The number of aliphatic carboxylic acids is 1. The van der Waals surface area contributed by atoms with Crippen molar-refractivity contribution >= 4 is 11.9 Å². The highest BCUT2D eigenvalue weighted by Crippen LogP contribution is 2.26. The molecule has 0 heterocycles. The van der Waals surface area contributed by atoms with Gasteiger partial charge in [0.25, 0.3) is 0 Å². The standard InChI is InChI=1S/C15H24N2O3/c1-2-17(10-15(19)20)13-8-12(9-13)16-14(18)7-11-5-3-4-6-11/h3,5,11-13H,2,4,6-10H2,1H3,(H,16,18)(H,19,20). The monoisotopic (exact) mass is 280 g/mol. The first kappa shape index (κ1) is 15.0. The summed E-state index contributed by atoms with van der Waals surface area (Å²) in [6, 6.07) is 0.522. The minimum atomic E-state index is -0.785. The van der Waals surface area contributed by atoms with Gasteiger partial charge in [0.05, 0.1) is 6.54 Å². The average molecular weight is 280 g/mol. The van der Waals surface area contributed by atoms with Gasteiger partial charge in [-0.05, 0) is 38.1 Å². The fourth-order valence-corrected chi connectivity index (χ4v) is 3.07. The predicted molar refractivity (Wildman–Crippen MR) is 76.3 cm³/mol. The lowest BCUT2D eigenvalue weighted by atomic mass is 9.85. The first-order chi connectivity index (χ1) is 9.58. The van der Waals surface area contributed by atoms with Gasteiger partial charge >= 0.3 is 5.97 Å². The van der Waals surface area contributed by atoms with Crippen LogP contribution in [0.5, 0.6) is 0 Å². The van der Waals surface area contributed by atoms with Crippen LogP contribution in [0.1, 0.15) is 39.0 Å². The van der Waals surface area contributed by atoms with Crippen LogP contribution < -0.4 is 5.32 Å². The highest BCUT2D eigenvalue weighted by Gasteiger charge is 2.34. The maximum Gasteiger partial charge on any atom is 0.317 e. The van der Waals surface area contributed by atoms with Gasteiger partial charge in [-0.2, -0.15) is 0 Å². The van der Waals surface area contributed by atoms with E-state index in [2.05, 4.69) is 17.5 Å². The molecule has 112 valence electrons. The van der Waals surface area contributed by atoms with E-state index in [0.29, 0.717) is 18.4 Å². The van der Waals surface area contributed by atoms with E-state index in [1.807, 2.05) is 11.8 Å². The van der Waals surface area contributed by atoms with Gasteiger partial charge < -0.3 is 10.4 Å². The van der Waals surface area contributed by atoms with E-state index in [1.165, 1.54) is 0 Å². The second kappa shape index (κ2) is 6.88. The Morgan fingerprint density at radius 2 is 2.15 bits per heavy atom. The Hall–Kier alpha value is -1.36. The van der Waals surface area contributed by atoms with Gasteiger partial charge in [-0.3, -0.25) is 14.5 Å². The number of carboxylic acid groups (broad SMARTS) is 1. The largest absolute Gasteiger partial charge is 0.480 e. The summed E-state index contributed by atoms with van der Waals surface area (Å²) < 4.78 is 0. The first-order valence-electron chi connectivity index (χ1n) is 7.50. The number of carbonyl (C=O) groups excluding carboxylic acids is 1. The quantitative estimate of drug-likeness (QED) is 0.692. The van der Waals surface area contributed by atoms with Gasteiger partial charge in [-0.25, -0.2) is 0 Å². The number of carboxylic acids is 1. The number of rotatable bonds is 7. The highest BCUT2D eigenvalue weighted by atomic mass is 16.4. The molecule has 1 atom stereocenters. The molecule has 0 radical (unpaired) electrons. The van der Waals surface area contributed by atoms with Crippen molar-refractivity contribution in [2.75, 3.05) is 13.1 Å². The van der Waals surface area contributed by atoms with Crippen LogP contribution in [0.3, 0.4) is 0 Å². The summed E-state index contributed by atoms with van der Waals surface area (Å²) in [5.41, 5.74) is 0. The lowest BCUT2D eigenvalue weighted by Crippen LogP contribution is -2.54. The molecule has 2 aliphatic rings. The van der Waals surface area contributed by atoms with Crippen molar-refractivity contribution in [1.82, 2.24) is 10.2 Å². The van der Waals surface area contributed by atoms with Crippen LogP contribution >= 0.6 is 0 Å². The van der Waals surface area contributed by atoms with Crippen LogP contribution in [0.4, 0.5) is 0 Å². The van der Waals surface area contributed by atoms with Crippen molar-refractivity contribution in [3.63, 3.8) is 0 Å². The maximum atomic E-state index is 11.9. The smallest absolute Gasteiger partial charge is 0.317 e. The molecule has 2 N–H and O–H groups in total. The van der Waals surface area contributed by atoms with Crippen molar-refractivity contribution in [1.29, 1.82) is 0 Å². The summed E-state index contributed by atoms with van der Waals surface area (Å²) in [5, 5.41) is 11.9. The topological polar surface area (TPSA) is 69.6 Å². The zero-order valence-corrected chi connectivity index (χ0v) is 12.0. The molecular formula is C15H24N2O3. The molecule has 1 saturated carbocycles. The van der Waals surface area contributed by atoms with E-state index in [9.17, 15) is 9.59 Å². The number of amides is 1. The Balaban J connectivity index is 1.66. The summed E-state index contributed by atoms with van der Waals surface area (Å²) in [4.78, 5) is 24.6. The van der Waals surface area contributed by atoms with E-state index >= 15 is 0 Å². The molecule has 2 rings (SSSR count). The first-order valence-corrected chi connectivity index (χ1v) is 7.50. The summed E-state index contributed by atoms with van der Waals surface area (Å²) >= 11 is 0. The van der Waals surface area contributed by atoms with E-state index in [1.54, 1.807) is 0 Å². The van der Waals surface area contributed by atoms with Gasteiger partial charge in [0.15, 0.2) is 0 Å². The summed E-state index contributed by atoms with van der Waals surface area (Å²) in [7, 11) is 0. The Bertz CT molecular complexity index is 389. The molecule has 0 aliphatic heterocycles. The predicted octanol–water partition coefficient (Wildman–Crippen LogP) is 1.40. The maximum absolute atomic E-state index is 11.9. The third-order valence-electron chi connectivity index (χ3n) is 4.30. The fraction of sp³-hybridized carbons (Fsp3) is 0.733. The average Bonchev–Trinajstić information content (AvgIpc) is 2.83.